The van der Waals surface area contributed by atoms with Gasteiger partial charge in [0.1, 0.15) is 0 Å². The Bertz CT molecular complexity index is 736. The first-order valence-corrected chi connectivity index (χ1v) is 7.47. The molecule has 2 amide bonds. The summed E-state index contributed by atoms with van der Waals surface area (Å²) in [4.78, 5) is 22.7. The first-order chi connectivity index (χ1) is 11.2. The standard InChI is InChI=1S/C17H20N4O3/c1-17(2,3)13-7-8-14(21-20-13)19-16(24)18-12-6-4-5-11(9-12)10-15(22)23/h4-9H,10H2,1-3H3,(H,22,23)(H2,18,19,21,24). The highest BCUT2D eigenvalue weighted by Gasteiger charge is 2.16. The van der Waals surface area contributed by atoms with Crippen LogP contribution in [0.2, 0.25) is 0 Å². The number of hydrogen-bond acceptors (Lipinski definition) is 4. The smallest absolute Gasteiger partial charge is 0.324 e. The van der Waals surface area contributed by atoms with E-state index in [1.54, 1.807) is 30.3 Å². The van der Waals surface area contributed by atoms with Crippen LogP contribution < -0.4 is 10.6 Å². The second-order valence-electron chi connectivity index (χ2n) is 6.40. The minimum atomic E-state index is -0.925. The molecule has 2 rings (SSSR count). The summed E-state index contributed by atoms with van der Waals surface area (Å²) in [5.74, 6) is -0.590. The first-order valence-electron chi connectivity index (χ1n) is 7.47. The minimum Gasteiger partial charge on any atom is -0.481 e. The number of hydrogen-bond donors (Lipinski definition) is 3. The molecule has 0 spiro atoms. The van der Waals surface area contributed by atoms with E-state index >= 15 is 0 Å². The number of carboxylic acids is 1. The van der Waals surface area contributed by atoms with Gasteiger partial charge < -0.3 is 10.4 Å². The van der Waals surface area contributed by atoms with E-state index in [1.165, 1.54) is 0 Å². The van der Waals surface area contributed by atoms with E-state index in [0.717, 1.165) is 5.69 Å². The average molecular weight is 328 g/mol. The van der Waals surface area contributed by atoms with Gasteiger partial charge in [-0.25, -0.2) is 4.79 Å². The molecule has 0 radical (unpaired) electrons. The number of urea groups is 1. The Labute approximate surface area is 140 Å². The molecule has 0 atom stereocenters. The Morgan fingerprint density at radius 2 is 1.83 bits per heavy atom. The lowest BCUT2D eigenvalue weighted by atomic mass is 9.92. The molecule has 1 aromatic carbocycles. The van der Waals surface area contributed by atoms with Gasteiger partial charge in [0.2, 0.25) is 0 Å². The molecule has 0 aliphatic rings. The fraction of sp³-hybridized carbons (Fsp3) is 0.294. The van der Waals surface area contributed by atoms with E-state index in [2.05, 4.69) is 20.8 Å². The van der Waals surface area contributed by atoms with Gasteiger partial charge in [0.25, 0.3) is 0 Å². The Morgan fingerprint density at radius 1 is 1.08 bits per heavy atom. The zero-order valence-corrected chi connectivity index (χ0v) is 13.8. The number of rotatable bonds is 4. The Hall–Kier alpha value is -2.96. The van der Waals surface area contributed by atoms with Crippen molar-refractivity contribution in [1.82, 2.24) is 10.2 Å². The number of benzene rings is 1. The molecule has 0 fully saturated rings. The third-order valence-corrected chi connectivity index (χ3v) is 3.21. The molecule has 0 aliphatic carbocycles. The van der Waals surface area contributed by atoms with Crippen molar-refractivity contribution in [2.75, 3.05) is 10.6 Å². The van der Waals surface area contributed by atoms with Crippen molar-refractivity contribution < 1.29 is 14.7 Å². The maximum atomic E-state index is 12.0. The number of nitrogens with one attached hydrogen (secondary N) is 2. The van der Waals surface area contributed by atoms with Gasteiger partial charge in [-0.2, -0.15) is 5.10 Å². The minimum absolute atomic E-state index is 0.100. The maximum Gasteiger partial charge on any atom is 0.324 e. The fourth-order valence-corrected chi connectivity index (χ4v) is 2.01. The van der Waals surface area contributed by atoms with E-state index in [4.69, 9.17) is 5.11 Å². The molecule has 3 N–H and O–H groups in total. The molecule has 24 heavy (non-hydrogen) atoms. The summed E-state index contributed by atoms with van der Waals surface area (Å²) in [7, 11) is 0. The SMILES string of the molecule is CC(C)(C)c1ccc(NC(=O)Nc2cccc(CC(=O)O)c2)nn1. The topological polar surface area (TPSA) is 104 Å². The highest BCUT2D eigenvalue weighted by molar-refractivity contribution is 5.99. The van der Waals surface area contributed by atoms with E-state index in [9.17, 15) is 9.59 Å². The van der Waals surface area contributed by atoms with Crippen molar-refractivity contribution in [3.05, 3.63) is 47.7 Å². The van der Waals surface area contributed by atoms with Gasteiger partial charge in [0, 0.05) is 11.1 Å². The molecule has 1 aromatic heterocycles. The second kappa shape index (κ2) is 7.08. The van der Waals surface area contributed by atoms with E-state index in [-0.39, 0.29) is 11.8 Å². The fourth-order valence-electron chi connectivity index (χ4n) is 2.01. The normalized spacial score (nSPS) is 11.0. The lowest BCUT2D eigenvalue weighted by Gasteiger charge is -2.16. The highest BCUT2D eigenvalue weighted by Crippen LogP contribution is 2.19. The number of amides is 2. The zero-order valence-electron chi connectivity index (χ0n) is 13.8. The lowest BCUT2D eigenvalue weighted by Crippen LogP contribution is -2.21. The van der Waals surface area contributed by atoms with Crippen LogP contribution in [0.1, 0.15) is 32.0 Å². The van der Waals surface area contributed by atoms with Crippen LogP contribution in [0.4, 0.5) is 16.3 Å². The van der Waals surface area contributed by atoms with E-state index in [1.807, 2.05) is 26.8 Å². The summed E-state index contributed by atoms with van der Waals surface area (Å²) in [5.41, 5.74) is 1.83. The molecule has 0 bridgehead atoms. The van der Waals surface area contributed by atoms with Crippen molar-refractivity contribution in [2.24, 2.45) is 0 Å². The van der Waals surface area contributed by atoms with Crippen LogP contribution >= 0.6 is 0 Å². The van der Waals surface area contributed by atoms with E-state index in [0.29, 0.717) is 17.1 Å². The highest BCUT2D eigenvalue weighted by atomic mass is 16.4. The molecule has 7 heteroatoms. The second-order valence-corrected chi connectivity index (χ2v) is 6.40. The molecule has 2 aromatic rings. The maximum absolute atomic E-state index is 12.0. The van der Waals surface area contributed by atoms with Gasteiger partial charge in [0.05, 0.1) is 12.1 Å². The van der Waals surface area contributed by atoms with Crippen LogP contribution in [0.3, 0.4) is 0 Å². The monoisotopic (exact) mass is 328 g/mol. The Kier molecular flexibility index (Phi) is 5.13. The molecule has 0 saturated carbocycles. The molecule has 0 saturated heterocycles. The summed E-state index contributed by atoms with van der Waals surface area (Å²) in [6, 6.07) is 9.70. The van der Waals surface area contributed by atoms with Crippen LogP contribution in [0.15, 0.2) is 36.4 Å². The number of carbonyl (C=O) groups excluding carboxylic acids is 1. The van der Waals surface area contributed by atoms with Gasteiger partial charge in [-0.1, -0.05) is 32.9 Å². The van der Waals surface area contributed by atoms with Crippen LogP contribution in [-0.2, 0) is 16.6 Å². The number of carbonyl (C=O) groups is 2. The Balaban J connectivity index is 1.99. The summed E-state index contributed by atoms with van der Waals surface area (Å²) in [5, 5.41) is 22.1. The predicted octanol–water partition coefficient (Wildman–Crippen LogP) is 3.05. The summed E-state index contributed by atoms with van der Waals surface area (Å²) >= 11 is 0. The predicted molar refractivity (Wildman–Crippen MR) is 91.2 cm³/mol. The van der Waals surface area contributed by atoms with Gasteiger partial charge in [-0.05, 0) is 29.8 Å². The molecule has 0 aliphatic heterocycles. The molecule has 7 nitrogen and oxygen atoms in total. The van der Waals surface area contributed by atoms with Gasteiger partial charge in [0.15, 0.2) is 5.82 Å². The van der Waals surface area contributed by atoms with E-state index < -0.39 is 12.0 Å². The molecular weight excluding hydrogens is 308 g/mol. The van der Waals surface area contributed by atoms with Gasteiger partial charge in [-0.15, -0.1) is 5.10 Å². The summed E-state index contributed by atoms with van der Waals surface area (Å²) < 4.78 is 0. The average Bonchev–Trinajstić information content (AvgIpc) is 2.46. The lowest BCUT2D eigenvalue weighted by molar-refractivity contribution is -0.136. The van der Waals surface area contributed by atoms with Gasteiger partial charge in [-0.3, -0.25) is 10.1 Å². The van der Waals surface area contributed by atoms with Crippen LogP contribution in [0.5, 0.6) is 0 Å². The van der Waals surface area contributed by atoms with Gasteiger partial charge >= 0.3 is 12.0 Å². The number of nitrogens with zero attached hydrogens (tertiary/aromatic N) is 2. The number of aromatic nitrogens is 2. The summed E-state index contributed by atoms with van der Waals surface area (Å²) in [6.45, 7) is 6.09. The quantitative estimate of drug-likeness (QED) is 0.800. The van der Waals surface area contributed by atoms with Crippen molar-refractivity contribution in [3.8, 4) is 0 Å². The Morgan fingerprint density at radius 3 is 2.42 bits per heavy atom. The van der Waals surface area contributed by atoms with Crippen molar-refractivity contribution in [3.63, 3.8) is 0 Å². The largest absolute Gasteiger partial charge is 0.481 e. The number of anilines is 2. The van der Waals surface area contributed by atoms with Crippen molar-refractivity contribution in [1.29, 1.82) is 0 Å². The van der Waals surface area contributed by atoms with Crippen LogP contribution in [0, 0.1) is 0 Å². The third kappa shape index (κ3) is 5.05. The number of carboxylic acid groups (broad SMARTS) is 1. The molecule has 126 valence electrons. The number of aliphatic carboxylic acids is 1. The summed E-state index contributed by atoms with van der Waals surface area (Å²) in [6.07, 6.45) is -0.100. The van der Waals surface area contributed by atoms with Crippen LogP contribution in [-0.4, -0.2) is 27.3 Å². The molecular formula is C17H20N4O3. The first kappa shape index (κ1) is 17.4. The zero-order chi connectivity index (χ0) is 17.7. The molecule has 1 heterocycles. The third-order valence-electron chi connectivity index (χ3n) is 3.21. The van der Waals surface area contributed by atoms with Crippen molar-refractivity contribution in [2.45, 2.75) is 32.6 Å². The van der Waals surface area contributed by atoms with Crippen LogP contribution in [0.25, 0.3) is 0 Å². The molecule has 0 unspecified atom stereocenters. The van der Waals surface area contributed by atoms with Crippen molar-refractivity contribution >= 4 is 23.5 Å².